The molecule has 2 aliphatic rings. The molecule has 20 heavy (non-hydrogen) atoms. The lowest BCUT2D eigenvalue weighted by Crippen LogP contribution is -2.40. The maximum atomic E-state index is 12.3. The fourth-order valence-electron chi connectivity index (χ4n) is 4.06. The normalized spacial score (nSPS) is 29.4. The first-order valence-electron chi connectivity index (χ1n) is 7.48. The van der Waals surface area contributed by atoms with E-state index in [1.165, 1.54) is 25.7 Å². The van der Waals surface area contributed by atoms with E-state index in [9.17, 15) is 4.79 Å². The third kappa shape index (κ3) is 2.69. The molecule has 0 aromatic carbocycles. The van der Waals surface area contributed by atoms with Crippen molar-refractivity contribution in [3.05, 3.63) is 28.5 Å². The number of aromatic nitrogens is 1. The summed E-state index contributed by atoms with van der Waals surface area (Å²) in [4.78, 5) is 16.4. The van der Waals surface area contributed by atoms with Crippen molar-refractivity contribution in [1.29, 1.82) is 0 Å². The number of fused-ring (bicyclic) bond motifs is 2. The minimum atomic E-state index is -0.0346. The average Bonchev–Trinajstić information content (AvgIpc) is 2.99. The largest absolute Gasteiger partial charge is 0.349 e. The predicted molar refractivity (Wildman–Crippen MR) is 79.9 cm³/mol. The number of nitrogens with one attached hydrogen (secondary N) is 1. The Morgan fingerprint density at radius 3 is 2.80 bits per heavy atom. The highest BCUT2D eigenvalue weighted by Crippen LogP contribution is 2.49. The van der Waals surface area contributed by atoms with E-state index >= 15 is 0 Å². The molecule has 1 aromatic rings. The molecule has 0 radical (unpaired) electrons. The second-order valence-electron chi connectivity index (χ2n) is 6.42. The highest BCUT2D eigenvalue weighted by Gasteiger charge is 2.42. The van der Waals surface area contributed by atoms with E-state index in [1.54, 1.807) is 12.1 Å². The summed E-state index contributed by atoms with van der Waals surface area (Å²) in [6.07, 6.45) is 5.38. The van der Waals surface area contributed by atoms with E-state index in [1.807, 2.05) is 6.92 Å². The van der Waals surface area contributed by atoms with E-state index in [0.717, 1.165) is 17.5 Å². The lowest BCUT2D eigenvalue weighted by molar-refractivity contribution is 0.0915. The van der Waals surface area contributed by atoms with Crippen LogP contribution in [-0.4, -0.2) is 16.9 Å². The van der Waals surface area contributed by atoms with E-state index in [2.05, 4.69) is 17.2 Å². The second kappa shape index (κ2) is 5.36. The van der Waals surface area contributed by atoms with Crippen LogP contribution in [-0.2, 0) is 0 Å². The Morgan fingerprint density at radius 1 is 1.40 bits per heavy atom. The third-order valence-corrected chi connectivity index (χ3v) is 5.17. The minimum Gasteiger partial charge on any atom is -0.349 e. The SMILES string of the molecule is Cc1cc(C(=O)NC(C)C2CC3CCC2C3)cc(Cl)n1. The topological polar surface area (TPSA) is 42.0 Å². The van der Waals surface area contributed by atoms with Gasteiger partial charge in [0.05, 0.1) is 0 Å². The number of amides is 1. The first kappa shape index (κ1) is 13.9. The highest BCUT2D eigenvalue weighted by atomic mass is 35.5. The van der Waals surface area contributed by atoms with Gasteiger partial charge in [-0.3, -0.25) is 4.79 Å². The van der Waals surface area contributed by atoms with Crippen LogP contribution in [0.25, 0.3) is 0 Å². The van der Waals surface area contributed by atoms with Crippen LogP contribution < -0.4 is 5.32 Å². The lowest BCUT2D eigenvalue weighted by atomic mass is 9.84. The van der Waals surface area contributed by atoms with E-state index < -0.39 is 0 Å². The molecule has 1 heterocycles. The molecular weight excluding hydrogens is 272 g/mol. The minimum absolute atomic E-state index is 0.0346. The lowest BCUT2D eigenvalue weighted by Gasteiger charge is -2.28. The summed E-state index contributed by atoms with van der Waals surface area (Å²) >= 11 is 5.92. The summed E-state index contributed by atoms with van der Waals surface area (Å²) in [6, 6.07) is 3.66. The van der Waals surface area contributed by atoms with E-state index in [0.29, 0.717) is 16.6 Å². The quantitative estimate of drug-likeness (QED) is 0.865. The van der Waals surface area contributed by atoms with Gasteiger partial charge < -0.3 is 5.32 Å². The van der Waals surface area contributed by atoms with Crippen molar-refractivity contribution in [1.82, 2.24) is 10.3 Å². The van der Waals surface area contributed by atoms with Crippen molar-refractivity contribution in [3.63, 3.8) is 0 Å². The average molecular weight is 293 g/mol. The zero-order valence-electron chi connectivity index (χ0n) is 12.0. The van der Waals surface area contributed by atoms with Gasteiger partial charge in [0.15, 0.2) is 0 Å². The van der Waals surface area contributed by atoms with Crippen LogP contribution in [0.2, 0.25) is 5.15 Å². The number of hydrogen-bond donors (Lipinski definition) is 1. The van der Waals surface area contributed by atoms with Crippen LogP contribution in [0.15, 0.2) is 12.1 Å². The predicted octanol–water partition coefficient (Wildman–Crippen LogP) is 3.60. The summed E-state index contributed by atoms with van der Waals surface area (Å²) in [5.74, 6) is 2.34. The zero-order valence-corrected chi connectivity index (χ0v) is 12.8. The van der Waals surface area contributed by atoms with Crippen molar-refractivity contribution in [2.24, 2.45) is 17.8 Å². The van der Waals surface area contributed by atoms with Crippen molar-refractivity contribution < 1.29 is 4.79 Å². The number of pyridine rings is 1. The van der Waals surface area contributed by atoms with Gasteiger partial charge in [-0.05, 0) is 63.0 Å². The molecule has 1 N–H and O–H groups in total. The van der Waals surface area contributed by atoms with Gasteiger partial charge >= 0.3 is 0 Å². The molecule has 3 nitrogen and oxygen atoms in total. The molecule has 2 saturated carbocycles. The van der Waals surface area contributed by atoms with Crippen molar-refractivity contribution >= 4 is 17.5 Å². The van der Waals surface area contributed by atoms with Gasteiger partial charge in [0, 0.05) is 17.3 Å². The summed E-state index contributed by atoms with van der Waals surface area (Å²) in [6.45, 7) is 3.99. The van der Waals surface area contributed by atoms with E-state index in [-0.39, 0.29) is 11.9 Å². The third-order valence-electron chi connectivity index (χ3n) is 4.98. The van der Waals surface area contributed by atoms with Crippen molar-refractivity contribution in [2.75, 3.05) is 0 Å². The molecule has 2 bridgehead atoms. The Balaban J connectivity index is 1.66. The number of aryl methyl sites for hydroxylation is 1. The molecule has 0 aliphatic heterocycles. The molecule has 4 unspecified atom stereocenters. The maximum Gasteiger partial charge on any atom is 0.251 e. The molecule has 1 aromatic heterocycles. The van der Waals surface area contributed by atoms with Crippen molar-refractivity contribution in [3.8, 4) is 0 Å². The van der Waals surface area contributed by atoms with Crippen molar-refractivity contribution in [2.45, 2.75) is 45.6 Å². The summed E-state index contributed by atoms with van der Waals surface area (Å²) < 4.78 is 0. The molecule has 4 atom stereocenters. The first-order chi connectivity index (χ1) is 9.52. The number of carbonyl (C=O) groups excluding carboxylic acids is 1. The molecule has 2 aliphatic carbocycles. The molecule has 2 fully saturated rings. The van der Waals surface area contributed by atoms with Crippen LogP contribution >= 0.6 is 11.6 Å². The van der Waals surface area contributed by atoms with Crippen LogP contribution in [0.5, 0.6) is 0 Å². The Morgan fingerprint density at radius 2 is 2.20 bits per heavy atom. The van der Waals surface area contributed by atoms with Gasteiger partial charge in [-0.1, -0.05) is 18.0 Å². The van der Waals surface area contributed by atoms with Gasteiger partial charge in [0.1, 0.15) is 5.15 Å². The molecule has 108 valence electrons. The monoisotopic (exact) mass is 292 g/mol. The standard InChI is InChI=1S/C16H21ClN2O/c1-9-5-13(8-15(17)18-9)16(20)19-10(2)14-7-11-3-4-12(14)6-11/h5,8,10-12,14H,3-4,6-7H2,1-2H3,(H,19,20). The highest BCUT2D eigenvalue weighted by molar-refractivity contribution is 6.29. The number of halogens is 1. The fraction of sp³-hybridized carbons (Fsp3) is 0.625. The van der Waals surface area contributed by atoms with Crippen LogP contribution in [0.3, 0.4) is 0 Å². The first-order valence-corrected chi connectivity index (χ1v) is 7.86. The molecule has 0 spiro atoms. The van der Waals surface area contributed by atoms with Crippen LogP contribution in [0.4, 0.5) is 0 Å². The molecule has 1 amide bonds. The second-order valence-corrected chi connectivity index (χ2v) is 6.81. The molecule has 4 heteroatoms. The Hall–Kier alpha value is -1.09. The molecule has 3 rings (SSSR count). The van der Waals surface area contributed by atoms with Crippen LogP contribution in [0, 0.1) is 24.7 Å². The Labute approximate surface area is 125 Å². The van der Waals surface area contributed by atoms with Gasteiger partial charge in [-0.15, -0.1) is 0 Å². The molecule has 0 saturated heterocycles. The van der Waals surface area contributed by atoms with E-state index in [4.69, 9.17) is 11.6 Å². The Kier molecular flexibility index (Phi) is 3.72. The Bertz CT molecular complexity index is 511. The smallest absolute Gasteiger partial charge is 0.251 e. The number of hydrogen-bond acceptors (Lipinski definition) is 2. The summed E-state index contributed by atoms with van der Waals surface area (Å²) in [5, 5.41) is 3.53. The van der Waals surface area contributed by atoms with Gasteiger partial charge in [0.25, 0.3) is 5.91 Å². The van der Waals surface area contributed by atoms with Gasteiger partial charge in [-0.25, -0.2) is 4.98 Å². The zero-order chi connectivity index (χ0) is 14.3. The maximum absolute atomic E-state index is 12.3. The van der Waals surface area contributed by atoms with Crippen LogP contribution in [0.1, 0.15) is 48.7 Å². The number of carbonyl (C=O) groups is 1. The number of rotatable bonds is 3. The fourth-order valence-corrected chi connectivity index (χ4v) is 4.31. The number of nitrogens with zero attached hydrogens (tertiary/aromatic N) is 1. The summed E-state index contributed by atoms with van der Waals surface area (Å²) in [5.41, 5.74) is 1.38. The molecular formula is C16H21ClN2O. The van der Waals surface area contributed by atoms with Gasteiger partial charge in [0.2, 0.25) is 0 Å². The van der Waals surface area contributed by atoms with Gasteiger partial charge in [-0.2, -0.15) is 0 Å². The summed E-state index contributed by atoms with van der Waals surface area (Å²) in [7, 11) is 0.